The van der Waals surface area contributed by atoms with Gasteiger partial charge in [-0.15, -0.1) is 11.3 Å². The number of anilines is 1. The van der Waals surface area contributed by atoms with E-state index < -0.39 is 12.0 Å². The number of carbonyl (C=O) groups is 1. The number of likely N-dealkylation sites (N-methyl/N-ethyl adjacent to an activating group) is 1. The summed E-state index contributed by atoms with van der Waals surface area (Å²) < 4.78 is 0. The second-order valence-corrected chi connectivity index (χ2v) is 5.35. The number of carboxylic acids is 1. The molecule has 2 rings (SSSR count). The Morgan fingerprint density at radius 2 is 2.28 bits per heavy atom. The van der Waals surface area contributed by atoms with E-state index in [1.54, 1.807) is 5.38 Å². The number of hydrogen-bond acceptors (Lipinski definition) is 6. The lowest BCUT2D eigenvalue weighted by molar-refractivity contribution is -0.138. The first-order chi connectivity index (χ1) is 8.58. The van der Waals surface area contributed by atoms with Gasteiger partial charge in [-0.25, -0.2) is 4.98 Å². The van der Waals surface area contributed by atoms with Crippen LogP contribution in [0.25, 0.3) is 0 Å². The number of rotatable bonds is 3. The highest BCUT2D eigenvalue weighted by Crippen LogP contribution is 2.24. The molecule has 2 heterocycles. The van der Waals surface area contributed by atoms with Crippen LogP contribution in [0.3, 0.4) is 0 Å². The Labute approximate surface area is 110 Å². The Morgan fingerprint density at radius 1 is 1.50 bits per heavy atom. The molecule has 6 nitrogen and oxygen atoms in total. The quantitative estimate of drug-likeness (QED) is 0.825. The smallest absolute Gasteiger partial charge is 0.326 e. The van der Waals surface area contributed by atoms with E-state index in [1.165, 1.54) is 11.3 Å². The summed E-state index contributed by atoms with van der Waals surface area (Å²) in [4.78, 5) is 19.6. The molecule has 1 unspecified atom stereocenters. The molecule has 0 amide bonds. The van der Waals surface area contributed by atoms with Crippen LogP contribution in [-0.4, -0.2) is 54.2 Å². The molecule has 0 aliphatic carbocycles. The molecular weight excluding hydrogens is 252 g/mol. The van der Waals surface area contributed by atoms with Gasteiger partial charge >= 0.3 is 5.97 Å². The SMILES string of the molecule is CN1CCCN(c2nc(C(N)C(=O)O)cs2)CC1. The summed E-state index contributed by atoms with van der Waals surface area (Å²) in [6, 6.07) is -1.02. The highest BCUT2D eigenvalue weighted by Gasteiger charge is 2.20. The van der Waals surface area contributed by atoms with E-state index in [-0.39, 0.29) is 0 Å². The molecule has 3 N–H and O–H groups in total. The zero-order valence-electron chi connectivity index (χ0n) is 10.4. The zero-order valence-corrected chi connectivity index (χ0v) is 11.2. The van der Waals surface area contributed by atoms with Crippen molar-refractivity contribution in [2.45, 2.75) is 12.5 Å². The van der Waals surface area contributed by atoms with Crippen molar-refractivity contribution in [2.75, 3.05) is 38.1 Å². The molecule has 1 aliphatic heterocycles. The van der Waals surface area contributed by atoms with Crippen LogP contribution in [0.1, 0.15) is 18.2 Å². The van der Waals surface area contributed by atoms with Gasteiger partial charge in [0.15, 0.2) is 5.13 Å². The van der Waals surface area contributed by atoms with Gasteiger partial charge in [-0.2, -0.15) is 0 Å². The van der Waals surface area contributed by atoms with Gasteiger partial charge in [-0.3, -0.25) is 4.79 Å². The summed E-state index contributed by atoms with van der Waals surface area (Å²) in [6.07, 6.45) is 1.09. The van der Waals surface area contributed by atoms with E-state index >= 15 is 0 Å². The fourth-order valence-electron chi connectivity index (χ4n) is 1.93. The zero-order chi connectivity index (χ0) is 13.1. The monoisotopic (exact) mass is 270 g/mol. The van der Waals surface area contributed by atoms with Crippen LogP contribution >= 0.6 is 11.3 Å². The molecule has 0 aromatic carbocycles. The number of aliphatic carboxylic acids is 1. The minimum atomic E-state index is -1.04. The Morgan fingerprint density at radius 3 is 3.00 bits per heavy atom. The van der Waals surface area contributed by atoms with Gasteiger partial charge in [0.2, 0.25) is 0 Å². The molecule has 1 aliphatic rings. The van der Waals surface area contributed by atoms with Crippen LogP contribution in [0.4, 0.5) is 5.13 Å². The summed E-state index contributed by atoms with van der Waals surface area (Å²) in [7, 11) is 2.11. The van der Waals surface area contributed by atoms with Gasteiger partial charge in [0.25, 0.3) is 0 Å². The second-order valence-electron chi connectivity index (χ2n) is 4.51. The van der Waals surface area contributed by atoms with Crippen LogP contribution in [0, 0.1) is 0 Å². The van der Waals surface area contributed by atoms with Crippen molar-refractivity contribution in [1.82, 2.24) is 9.88 Å². The summed E-state index contributed by atoms with van der Waals surface area (Å²) in [5.41, 5.74) is 6.00. The van der Waals surface area contributed by atoms with Crippen molar-refractivity contribution in [3.05, 3.63) is 11.1 Å². The fraction of sp³-hybridized carbons (Fsp3) is 0.636. The topological polar surface area (TPSA) is 82.7 Å². The Bertz CT molecular complexity index is 423. The fourth-order valence-corrected chi connectivity index (χ4v) is 2.84. The van der Waals surface area contributed by atoms with Gasteiger partial charge in [-0.05, 0) is 20.0 Å². The minimum absolute atomic E-state index is 0.445. The van der Waals surface area contributed by atoms with Gasteiger partial charge in [0, 0.05) is 25.0 Å². The molecule has 7 heteroatoms. The molecule has 1 aromatic heterocycles. The maximum atomic E-state index is 10.8. The van der Waals surface area contributed by atoms with Crippen LogP contribution in [0.2, 0.25) is 0 Å². The van der Waals surface area contributed by atoms with Crippen LogP contribution < -0.4 is 10.6 Å². The molecule has 18 heavy (non-hydrogen) atoms. The van der Waals surface area contributed by atoms with Crippen molar-refractivity contribution in [2.24, 2.45) is 5.73 Å². The van der Waals surface area contributed by atoms with Crippen LogP contribution in [0.15, 0.2) is 5.38 Å². The van der Waals surface area contributed by atoms with Crippen molar-refractivity contribution in [3.8, 4) is 0 Å². The summed E-state index contributed by atoms with van der Waals surface area (Å²) >= 11 is 1.47. The van der Waals surface area contributed by atoms with E-state index in [9.17, 15) is 4.79 Å². The normalized spacial score (nSPS) is 19.6. The third kappa shape index (κ3) is 2.98. The lowest BCUT2D eigenvalue weighted by atomic mass is 10.2. The molecule has 1 fully saturated rings. The van der Waals surface area contributed by atoms with Gasteiger partial charge in [-0.1, -0.05) is 0 Å². The van der Waals surface area contributed by atoms with Crippen LogP contribution in [-0.2, 0) is 4.79 Å². The highest BCUT2D eigenvalue weighted by molar-refractivity contribution is 7.13. The van der Waals surface area contributed by atoms with E-state index in [0.717, 1.165) is 37.7 Å². The molecule has 0 saturated carbocycles. The lowest BCUT2D eigenvalue weighted by Gasteiger charge is -2.19. The van der Waals surface area contributed by atoms with E-state index in [2.05, 4.69) is 21.8 Å². The van der Waals surface area contributed by atoms with Crippen molar-refractivity contribution < 1.29 is 9.90 Å². The summed E-state index contributed by atoms with van der Waals surface area (Å²) in [5.74, 6) is -1.04. The van der Waals surface area contributed by atoms with Crippen molar-refractivity contribution >= 4 is 22.4 Å². The van der Waals surface area contributed by atoms with Gasteiger partial charge < -0.3 is 20.6 Å². The van der Waals surface area contributed by atoms with Gasteiger partial charge in [0.1, 0.15) is 6.04 Å². The summed E-state index contributed by atoms with van der Waals surface area (Å²) in [5, 5.41) is 11.5. The maximum absolute atomic E-state index is 10.8. The van der Waals surface area contributed by atoms with Crippen molar-refractivity contribution in [1.29, 1.82) is 0 Å². The average molecular weight is 270 g/mol. The number of carboxylic acid groups (broad SMARTS) is 1. The Balaban J connectivity index is 2.07. The standard InChI is InChI=1S/C11H18N4O2S/c1-14-3-2-4-15(6-5-14)11-13-8(7-18-11)9(12)10(16)17/h7,9H,2-6,12H2,1H3,(H,16,17). The third-order valence-electron chi connectivity index (χ3n) is 3.08. The number of hydrogen-bond donors (Lipinski definition) is 2. The van der Waals surface area contributed by atoms with Gasteiger partial charge in [0.05, 0.1) is 5.69 Å². The van der Waals surface area contributed by atoms with E-state index in [1.807, 2.05) is 0 Å². The molecule has 0 bridgehead atoms. The largest absolute Gasteiger partial charge is 0.480 e. The third-order valence-corrected chi connectivity index (χ3v) is 4.00. The van der Waals surface area contributed by atoms with Crippen molar-refractivity contribution in [3.63, 3.8) is 0 Å². The molecule has 1 saturated heterocycles. The lowest BCUT2D eigenvalue weighted by Crippen LogP contribution is -2.29. The first-order valence-corrected chi connectivity index (χ1v) is 6.83. The molecule has 1 aromatic rings. The number of nitrogens with two attached hydrogens (primary N) is 1. The predicted octanol–water partition coefficient (Wildman–Crippen LogP) is 0.369. The predicted molar refractivity (Wildman–Crippen MR) is 71.0 cm³/mol. The number of thiazole rings is 1. The minimum Gasteiger partial charge on any atom is -0.480 e. The second kappa shape index (κ2) is 5.64. The molecule has 1 atom stereocenters. The van der Waals surface area contributed by atoms with Crippen LogP contribution in [0.5, 0.6) is 0 Å². The molecule has 0 radical (unpaired) electrons. The highest BCUT2D eigenvalue weighted by atomic mass is 32.1. The number of nitrogens with zero attached hydrogens (tertiary/aromatic N) is 3. The molecular formula is C11H18N4O2S. The first-order valence-electron chi connectivity index (χ1n) is 5.95. The molecule has 0 spiro atoms. The average Bonchev–Trinajstić information content (AvgIpc) is 2.72. The molecule has 100 valence electrons. The first kappa shape index (κ1) is 13.3. The number of aromatic nitrogens is 1. The Hall–Kier alpha value is -1.18. The Kier molecular flexibility index (Phi) is 4.15. The van der Waals surface area contributed by atoms with E-state index in [4.69, 9.17) is 10.8 Å². The van der Waals surface area contributed by atoms with E-state index in [0.29, 0.717) is 5.69 Å². The maximum Gasteiger partial charge on any atom is 0.326 e. The summed E-state index contributed by atoms with van der Waals surface area (Å²) in [6.45, 7) is 3.97.